The first kappa shape index (κ1) is 20.7. The molecule has 1 heterocycles. The minimum Gasteiger partial charge on any atom is -0.490 e. The normalized spacial score (nSPS) is 9.82. The lowest BCUT2D eigenvalue weighted by Gasteiger charge is -2.21. The summed E-state index contributed by atoms with van der Waals surface area (Å²) in [6.07, 6.45) is 3.84. The van der Waals surface area contributed by atoms with Crippen molar-refractivity contribution in [3.63, 3.8) is 0 Å². The number of carbonyl (C=O) groups excluding carboxylic acids is 1. The van der Waals surface area contributed by atoms with Crippen molar-refractivity contribution in [3.8, 4) is 23.6 Å². The largest absolute Gasteiger partial charge is 0.490 e. The SMILES string of the molecule is CCOc1cc(C(=O)N(CCC#N)CCC#N)ccc1OCc1cccnc1. The zero-order valence-corrected chi connectivity index (χ0v) is 15.8. The molecule has 0 spiro atoms. The number of nitrogens with zero attached hydrogens (tertiary/aromatic N) is 4. The summed E-state index contributed by atoms with van der Waals surface area (Å²) < 4.78 is 11.5. The number of pyridine rings is 1. The number of hydrogen-bond donors (Lipinski definition) is 0. The second kappa shape index (κ2) is 11.2. The Morgan fingerprint density at radius 2 is 1.86 bits per heavy atom. The third-order valence-electron chi connectivity index (χ3n) is 3.88. The highest BCUT2D eigenvalue weighted by Crippen LogP contribution is 2.30. The maximum absolute atomic E-state index is 12.8. The summed E-state index contributed by atoms with van der Waals surface area (Å²) in [4.78, 5) is 18.4. The Bertz CT molecular complexity index is 838. The number of ether oxygens (including phenoxy) is 2. The maximum Gasteiger partial charge on any atom is 0.254 e. The molecule has 0 fully saturated rings. The average molecular weight is 378 g/mol. The van der Waals surface area contributed by atoms with Crippen LogP contribution in [0.25, 0.3) is 0 Å². The summed E-state index contributed by atoms with van der Waals surface area (Å²) in [5.74, 6) is 0.755. The molecule has 0 radical (unpaired) electrons. The van der Waals surface area contributed by atoms with Crippen molar-refractivity contribution in [2.75, 3.05) is 19.7 Å². The van der Waals surface area contributed by atoms with Crippen molar-refractivity contribution in [2.24, 2.45) is 0 Å². The van der Waals surface area contributed by atoms with Crippen LogP contribution in [0.5, 0.6) is 11.5 Å². The predicted octanol–water partition coefficient (Wildman–Crippen LogP) is 3.33. The van der Waals surface area contributed by atoms with Gasteiger partial charge in [0.05, 0.1) is 31.6 Å². The van der Waals surface area contributed by atoms with Gasteiger partial charge in [-0.3, -0.25) is 9.78 Å². The van der Waals surface area contributed by atoms with Crippen LogP contribution in [0.2, 0.25) is 0 Å². The van der Waals surface area contributed by atoms with Gasteiger partial charge in [0, 0.05) is 36.6 Å². The van der Waals surface area contributed by atoms with Gasteiger partial charge in [0.2, 0.25) is 0 Å². The lowest BCUT2D eigenvalue weighted by molar-refractivity contribution is 0.0762. The van der Waals surface area contributed by atoms with E-state index in [1.165, 1.54) is 4.90 Å². The number of aromatic nitrogens is 1. The summed E-state index contributed by atoms with van der Waals surface area (Å²) in [6, 6.07) is 12.8. The highest BCUT2D eigenvalue weighted by Gasteiger charge is 2.18. The molecule has 0 N–H and O–H groups in total. The minimum absolute atomic E-state index is 0.210. The molecule has 1 aromatic carbocycles. The van der Waals surface area contributed by atoms with Crippen LogP contribution < -0.4 is 9.47 Å². The number of carbonyl (C=O) groups is 1. The topological polar surface area (TPSA) is 99.2 Å². The Balaban J connectivity index is 2.18. The zero-order valence-electron chi connectivity index (χ0n) is 15.8. The number of amides is 1. The summed E-state index contributed by atoms with van der Waals surface area (Å²) in [6.45, 7) is 3.16. The van der Waals surface area contributed by atoms with E-state index in [-0.39, 0.29) is 31.8 Å². The fraction of sp³-hybridized carbons (Fsp3) is 0.333. The highest BCUT2D eigenvalue weighted by molar-refractivity contribution is 5.95. The van der Waals surface area contributed by atoms with Gasteiger partial charge in [0.25, 0.3) is 5.91 Å². The van der Waals surface area contributed by atoms with Crippen LogP contribution in [-0.2, 0) is 6.61 Å². The molecule has 2 rings (SSSR count). The highest BCUT2D eigenvalue weighted by atomic mass is 16.5. The van der Waals surface area contributed by atoms with E-state index in [0.717, 1.165) is 5.56 Å². The molecule has 7 nitrogen and oxygen atoms in total. The molecule has 144 valence electrons. The van der Waals surface area contributed by atoms with E-state index in [4.69, 9.17) is 20.0 Å². The Morgan fingerprint density at radius 3 is 2.46 bits per heavy atom. The second-order valence-electron chi connectivity index (χ2n) is 5.85. The van der Waals surface area contributed by atoms with Gasteiger partial charge in [-0.2, -0.15) is 10.5 Å². The van der Waals surface area contributed by atoms with Crippen molar-refractivity contribution in [1.82, 2.24) is 9.88 Å². The van der Waals surface area contributed by atoms with E-state index in [0.29, 0.717) is 30.3 Å². The van der Waals surface area contributed by atoms with Crippen LogP contribution in [0.3, 0.4) is 0 Å². The van der Waals surface area contributed by atoms with Gasteiger partial charge >= 0.3 is 0 Å². The van der Waals surface area contributed by atoms with Crippen molar-refractivity contribution in [2.45, 2.75) is 26.4 Å². The van der Waals surface area contributed by atoms with Crippen molar-refractivity contribution < 1.29 is 14.3 Å². The van der Waals surface area contributed by atoms with E-state index in [1.54, 1.807) is 30.6 Å². The van der Waals surface area contributed by atoms with Gasteiger partial charge in [-0.1, -0.05) is 6.07 Å². The first-order valence-corrected chi connectivity index (χ1v) is 9.01. The summed E-state index contributed by atoms with van der Waals surface area (Å²) >= 11 is 0. The Labute approximate surface area is 164 Å². The van der Waals surface area contributed by atoms with Crippen LogP contribution >= 0.6 is 0 Å². The van der Waals surface area contributed by atoms with Crippen LogP contribution in [0.1, 0.15) is 35.7 Å². The second-order valence-corrected chi connectivity index (χ2v) is 5.85. The summed E-state index contributed by atoms with van der Waals surface area (Å²) in [5, 5.41) is 17.6. The molecule has 1 amide bonds. The third kappa shape index (κ3) is 6.00. The summed E-state index contributed by atoms with van der Waals surface area (Å²) in [7, 11) is 0. The van der Waals surface area contributed by atoms with Gasteiger partial charge in [0.1, 0.15) is 6.61 Å². The number of hydrogen-bond acceptors (Lipinski definition) is 6. The lowest BCUT2D eigenvalue weighted by Crippen LogP contribution is -2.32. The van der Waals surface area contributed by atoms with Crippen LogP contribution in [0.4, 0.5) is 0 Å². The van der Waals surface area contributed by atoms with Crippen LogP contribution in [-0.4, -0.2) is 35.5 Å². The van der Waals surface area contributed by atoms with Gasteiger partial charge in [-0.15, -0.1) is 0 Å². The molecule has 0 aliphatic heterocycles. The molecule has 2 aromatic rings. The summed E-state index contributed by atoms with van der Waals surface area (Å²) in [5.41, 5.74) is 1.34. The zero-order chi connectivity index (χ0) is 20.2. The quantitative estimate of drug-likeness (QED) is 0.629. The van der Waals surface area contributed by atoms with Crippen molar-refractivity contribution in [1.29, 1.82) is 10.5 Å². The first-order valence-electron chi connectivity index (χ1n) is 9.01. The van der Waals surface area contributed by atoms with E-state index in [9.17, 15) is 4.79 Å². The molecule has 0 saturated carbocycles. The van der Waals surface area contributed by atoms with E-state index >= 15 is 0 Å². The molecule has 0 aliphatic rings. The Kier molecular flexibility index (Phi) is 8.29. The van der Waals surface area contributed by atoms with E-state index in [1.807, 2.05) is 31.2 Å². The molecule has 28 heavy (non-hydrogen) atoms. The molecule has 0 unspecified atom stereocenters. The number of benzene rings is 1. The maximum atomic E-state index is 12.8. The molecular weight excluding hydrogens is 356 g/mol. The Morgan fingerprint density at radius 1 is 1.11 bits per heavy atom. The number of rotatable bonds is 10. The van der Waals surface area contributed by atoms with Gasteiger partial charge < -0.3 is 14.4 Å². The molecule has 0 aliphatic carbocycles. The van der Waals surface area contributed by atoms with Crippen LogP contribution in [0, 0.1) is 22.7 Å². The van der Waals surface area contributed by atoms with Gasteiger partial charge in [-0.05, 0) is 31.2 Å². The van der Waals surface area contributed by atoms with Crippen molar-refractivity contribution >= 4 is 5.91 Å². The number of nitriles is 2. The van der Waals surface area contributed by atoms with Gasteiger partial charge in [0.15, 0.2) is 11.5 Å². The lowest BCUT2D eigenvalue weighted by atomic mass is 10.1. The first-order chi connectivity index (χ1) is 13.7. The van der Waals surface area contributed by atoms with E-state index < -0.39 is 0 Å². The Hall–Kier alpha value is -3.58. The minimum atomic E-state index is -0.245. The van der Waals surface area contributed by atoms with E-state index in [2.05, 4.69) is 4.98 Å². The third-order valence-corrected chi connectivity index (χ3v) is 3.88. The molecule has 0 atom stereocenters. The predicted molar refractivity (Wildman–Crippen MR) is 103 cm³/mol. The molecule has 1 aromatic heterocycles. The fourth-order valence-corrected chi connectivity index (χ4v) is 2.54. The van der Waals surface area contributed by atoms with Crippen molar-refractivity contribution in [3.05, 3.63) is 53.9 Å². The molecule has 0 bridgehead atoms. The standard InChI is InChI=1S/C21H22N4O3/c1-2-27-20-14-18(21(26)25(12-4-9-22)13-5-10-23)7-8-19(20)28-16-17-6-3-11-24-15-17/h3,6-8,11,14-15H,2,4-5,12-13,16H2,1H3. The fourth-order valence-electron chi connectivity index (χ4n) is 2.54. The molecule has 0 saturated heterocycles. The average Bonchev–Trinajstić information content (AvgIpc) is 2.73. The molecule has 7 heteroatoms. The smallest absolute Gasteiger partial charge is 0.254 e. The monoisotopic (exact) mass is 378 g/mol. The van der Waals surface area contributed by atoms with Gasteiger partial charge in [-0.25, -0.2) is 0 Å². The van der Waals surface area contributed by atoms with Crippen LogP contribution in [0.15, 0.2) is 42.7 Å². The molecular formula is C21H22N4O3.